The molecule has 4 aromatic rings. The monoisotopic (exact) mass is 442 g/mol. The fourth-order valence-electron chi connectivity index (χ4n) is 3.46. The van der Waals surface area contributed by atoms with Crippen molar-refractivity contribution in [1.29, 1.82) is 0 Å². The maximum Gasteiger partial charge on any atom is 0.279 e. The van der Waals surface area contributed by atoms with E-state index in [2.05, 4.69) is 15.3 Å². The molecule has 168 valence electrons. The maximum atomic E-state index is 13.1. The third kappa shape index (κ3) is 5.27. The average Bonchev–Trinajstić information content (AvgIpc) is 2.83. The van der Waals surface area contributed by atoms with Crippen molar-refractivity contribution in [3.05, 3.63) is 100 Å². The molecule has 0 unspecified atom stereocenters. The van der Waals surface area contributed by atoms with Gasteiger partial charge < -0.3 is 15.0 Å². The Balaban J connectivity index is 1.58. The van der Waals surface area contributed by atoms with Gasteiger partial charge in [-0.1, -0.05) is 48.5 Å². The largest absolute Gasteiger partial charge is 0.492 e. The van der Waals surface area contributed by atoms with Crippen LogP contribution in [0.1, 0.15) is 16.1 Å². The predicted molar refractivity (Wildman–Crippen MR) is 129 cm³/mol. The zero-order valence-electron chi connectivity index (χ0n) is 18.7. The van der Waals surface area contributed by atoms with Crippen molar-refractivity contribution in [1.82, 2.24) is 20.0 Å². The van der Waals surface area contributed by atoms with Gasteiger partial charge >= 0.3 is 0 Å². The number of carbonyl (C=O) groups is 1. The number of hydrogen-bond donors (Lipinski definition) is 1. The zero-order valence-corrected chi connectivity index (χ0v) is 18.7. The molecule has 33 heavy (non-hydrogen) atoms. The van der Waals surface area contributed by atoms with Gasteiger partial charge in [0.15, 0.2) is 5.69 Å². The van der Waals surface area contributed by atoms with E-state index in [0.29, 0.717) is 29.6 Å². The van der Waals surface area contributed by atoms with Crippen molar-refractivity contribution in [3.63, 3.8) is 0 Å². The van der Waals surface area contributed by atoms with E-state index in [1.54, 1.807) is 36.4 Å². The van der Waals surface area contributed by atoms with Gasteiger partial charge in [-0.2, -0.15) is 9.78 Å². The molecule has 0 aliphatic carbocycles. The summed E-state index contributed by atoms with van der Waals surface area (Å²) in [5.74, 6) is 0.402. The molecule has 0 aliphatic rings. The molecular formula is C26H26N4O3. The van der Waals surface area contributed by atoms with Crippen molar-refractivity contribution >= 4 is 16.7 Å². The zero-order chi connectivity index (χ0) is 23.2. The van der Waals surface area contributed by atoms with Crippen molar-refractivity contribution in [2.24, 2.45) is 0 Å². The van der Waals surface area contributed by atoms with E-state index in [0.717, 1.165) is 17.9 Å². The van der Waals surface area contributed by atoms with E-state index in [-0.39, 0.29) is 17.2 Å². The summed E-state index contributed by atoms with van der Waals surface area (Å²) in [6.07, 6.45) is 0. The van der Waals surface area contributed by atoms with Gasteiger partial charge in [0.25, 0.3) is 11.5 Å². The highest BCUT2D eigenvalue weighted by Gasteiger charge is 2.17. The SMILES string of the molecule is CN(C)CCOc1cccc(CNC(=O)c2nn(-c3ccccc3)c(=O)c3ccccc23)c1. The molecule has 1 N–H and O–H groups in total. The summed E-state index contributed by atoms with van der Waals surface area (Å²) < 4.78 is 7.05. The number of nitrogens with zero attached hydrogens (tertiary/aromatic N) is 3. The van der Waals surface area contributed by atoms with Gasteiger partial charge in [-0.3, -0.25) is 9.59 Å². The number of para-hydroxylation sites is 1. The van der Waals surface area contributed by atoms with Gasteiger partial charge in [-0.05, 0) is 50.0 Å². The van der Waals surface area contributed by atoms with Gasteiger partial charge in [0.05, 0.1) is 11.1 Å². The molecule has 0 radical (unpaired) electrons. The Morgan fingerprint density at radius 3 is 2.45 bits per heavy atom. The second-order valence-corrected chi connectivity index (χ2v) is 7.93. The van der Waals surface area contributed by atoms with Gasteiger partial charge in [-0.25, -0.2) is 0 Å². The van der Waals surface area contributed by atoms with Crippen molar-refractivity contribution in [3.8, 4) is 11.4 Å². The summed E-state index contributed by atoms with van der Waals surface area (Å²) in [4.78, 5) is 28.2. The van der Waals surface area contributed by atoms with E-state index >= 15 is 0 Å². The van der Waals surface area contributed by atoms with Crippen molar-refractivity contribution in [2.75, 3.05) is 27.2 Å². The highest BCUT2D eigenvalue weighted by molar-refractivity contribution is 6.04. The molecule has 3 aromatic carbocycles. The molecule has 0 aliphatic heterocycles. The van der Waals surface area contributed by atoms with Gasteiger partial charge in [0.1, 0.15) is 12.4 Å². The van der Waals surface area contributed by atoms with Crippen LogP contribution in [0.15, 0.2) is 83.7 Å². The van der Waals surface area contributed by atoms with Crippen LogP contribution in [0, 0.1) is 0 Å². The van der Waals surface area contributed by atoms with Crippen LogP contribution in [-0.2, 0) is 6.54 Å². The molecule has 4 rings (SSSR count). The van der Waals surface area contributed by atoms with Crippen LogP contribution in [0.25, 0.3) is 16.5 Å². The van der Waals surface area contributed by atoms with Gasteiger partial charge in [0.2, 0.25) is 0 Å². The van der Waals surface area contributed by atoms with E-state index in [4.69, 9.17) is 4.74 Å². The minimum atomic E-state index is -0.352. The number of aromatic nitrogens is 2. The van der Waals surface area contributed by atoms with Crippen LogP contribution < -0.4 is 15.6 Å². The highest BCUT2D eigenvalue weighted by Crippen LogP contribution is 2.16. The molecule has 0 atom stereocenters. The molecule has 1 aromatic heterocycles. The van der Waals surface area contributed by atoms with Crippen LogP contribution in [0.2, 0.25) is 0 Å². The van der Waals surface area contributed by atoms with Crippen molar-refractivity contribution < 1.29 is 9.53 Å². The maximum absolute atomic E-state index is 13.1. The number of benzene rings is 3. The molecule has 0 bridgehead atoms. The lowest BCUT2D eigenvalue weighted by molar-refractivity contribution is 0.0946. The number of hydrogen-bond acceptors (Lipinski definition) is 5. The Kier molecular flexibility index (Phi) is 6.80. The predicted octanol–water partition coefficient (Wildman–Crippen LogP) is 3.26. The molecule has 1 heterocycles. The minimum absolute atomic E-state index is 0.201. The van der Waals surface area contributed by atoms with Crippen LogP contribution >= 0.6 is 0 Å². The Bertz CT molecular complexity index is 1320. The number of ether oxygens (including phenoxy) is 1. The van der Waals surface area contributed by atoms with Crippen molar-refractivity contribution in [2.45, 2.75) is 6.54 Å². The summed E-state index contributed by atoms with van der Waals surface area (Å²) in [7, 11) is 3.99. The summed E-state index contributed by atoms with van der Waals surface area (Å²) in [5, 5.41) is 8.31. The molecule has 0 fully saturated rings. The van der Waals surface area contributed by atoms with Crippen LogP contribution in [0.4, 0.5) is 0 Å². The lowest BCUT2D eigenvalue weighted by Crippen LogP contribution is -2.29. The van der Waals surface area contributed by atoms with E-state index in [1.165, 1.54) is 4.68 Å². The summed E-state index contributed by atoms with van der Waals surface area (Å²) in [6.45, 7) is 1.71. The second kappa shape index (κ2) is 10.1. The first-order valence-corrected chi connectivity index (χ1v) is 10.7. The minimum Gasteiger partial charge on any atom is -0.492 e. The third-order valence-electron chi connectivity index (χ3n) is 5.18. The Labute approximate surface area is 192 Å². The summed E-state index contributed by atoms with van der Waals surface area (Å²) in [5.41, 5.74) is 1.44. The fraction of sp³-hybridized carbons (Fsp3) is 0.192. The van der Waals surface area contributed by atoms with Crippen LogP contribution in [-0.4, -0.2) is 47.8 Å². The number of fused-ring (bicyclic) bond motifs is 1. The first-order chi connectivity index (χ1) is 16.0. The summed E-state index contributed by atoms with van der Waals surface area (Å²) >= 11 is 0. The molecule has 7 nitrogen and oxygen atoms in total. The molecular weight excluding hydrogens is 416 g/mol. The number of amides is 1. The molecule has 7 heteroatoms. The topological polar surface area (TPSA) is 76.5 Å². The molecule has 0 saturated carbocycles. The van der Waals surface area contributed by atoms with Gasteiger partial charge in [-0.15, -0.1) is 0 Å². The smallest absolute Gasteiger partial charge is 0.279 e. The summed E-state index contributed by atoms with van der Waals surface area (Å²) in [6, 6.07) is 23.7. The van der Waals surface area contributed by atoms with Crippen LogP contribution in [0.5, 0.6) is 5.75 Å². The first-order valence-electron chi connectivity index (χ1n) is 10.7. The quantitative estimate of drug-likeness (QED) is 0.453. The standard InChI is InChI=1S/C26H26N4O3/c1-29(2)15-16-33-21-12-8-9-19(17-21)18-27-25(31)24-22-13-6-7-14-23(22)26(32)30(28-24)20-10-4-3-5-11-20/h3-14,17H,15-16,18H2,1-2H3,(H,27,31). The second-order valence-electron chi connectivity index (χ2n) is 7.93. The fourth-order valence-corrected chi connectivity index (χ4v) is 3.46. The molecule has 1 amide bonds. The van der Waals surface area contributed by atoms with Crippen LogP contribution in [0.3, 0.4) is 0 Å². The van der Waals surface area contributed by atoms with E-state index in [1.807, 2.05) is 56.6 Å². The van der Waals surface area contributed by atoms with Gasteiger partial charge in [0, 0.05) is 18.5 Å². The number of nitrogens with one attached hydrogen (secondary N) is 1. The molecule has 0 saturated heterocycles. The average molecular weight is 443 g/mol. The Morgan fingerprint density at radius 2 is 1.70 bits per heavy atom. The Hall–Kier alpha value is -3.97. The Morgan fingerprint density at radius 1 is 0.970 bits per heavy atom. The van der Waals surface area contributed by atoms with E-state index < -0.39 is 0 Å². The lowest BCUT2D eigenvalue weighted by atomic mass is 10.1. The highest BCUT2D eigenvalue weighted by atomic mass is 16.5. The lowest BCUT2D eigenvalue weighted by Gasteiger charge is -2.13. The normalized spacial score (nSPS) is 11.0. The first kappa shape index (κ1) is 22.2. The van der Waals surface area contributed by atoms with E-state index in [9.17, 15) is 9.59 Å². The number of carbonyl (C=O) groups excluding carboxylic acids is 1. The number of rotatable bonds is 8. The third-order valence-corrected chi connectivity index (χ3v) is 5.18. The number of likely N-dealkylation sites (N-methyl/N-ethyl adjacent to an activating group) is 1. The molecule has 0 spiro atoms.